The summed E-state index contributed by atoms with van der Waals surface area (Å²) in [6.07, 6.45) is 0. The number of carbonyl (C=O) groups is 2. The quantitative estimate of drug-likeness (QED) is 0.594. The average molecular weight is 239 g/mol. The van der Waals surface area contributed by atoms with Crippen molar-refractivity contribution in [3.8, 4) is 0 Å². The van der Waals surface area contributed by atoms with Gasteiger partial charge in [-0.1, -0.05) is 18.2 Å². The Morgan fingerprint density at radius 2 is 1.88 bits per heavy atom. The molecule has 0 unspecified atom stereocenters. The van der Waals surface area contributed by atoms with E-state index in [1.165, 1.54) is 9.80 Å². The Labute approximate surface area is 98.4 Å². The van der Waals surface area contributed by atoms with Gasteiger partial charge in [0.1, 0.15) is 6.54 Å². The Bertz CT molecular complexity index is 408. The summed E-state index contributed by atoms with van der Waals surface area (Å²) >= 11 is 5.54. The van der Waals surface area contributed by atoms with Crippen LogP contribution in [0.4, 0.5) is 10.5 Å². The van der Waals surface area contributed by atoms with E-state index in [4.69, 9.17) is 11.6 Å². The maximum absolute atomic E-state index is 11.9. The zero-order valence-electron chi connectivity index (χ0n) is 8.60. The minimum absolute atomic E-state index is 0.0970. The van der Waals surface area contributed by atoms with Gasteiger partial charge < -0.3 is 0 Å². The number of rotatable bonds is 3. The van der Waals surface area contributed by atoms with Crippen molar-refractivity contribution in [3.05, 3.63) is 30.3 Å². The van der Waals surface area contributed by atoms with Gasteiger partial charge in [-0.3, -0.25) is 14.6 Å². The van der Waals surface area contributed by atoms with Crippen LogP contribution < -0.4 is 4.90 Å². The van der Waals surface area contributed by atoms with Gasteiger partial charge in [0.2, 0.25) is 0 Å². The SMILES string of the molecule is O=C1CN(c2ccccc2)C(=O)N1CCCl. The van der Waals surface area contributed by atoms with Gasteiger partial charge in [-0.2, -0.15) is 0 Å². The molecule has 3 amide bonds. The molecule has 1 heterocycles. The molecule has 0 spiro atoms. The van der Waals surface area contributed by atoms with Crippen molar-refractivity contribution in [2.45, 2.75) is 0 Å². The van der Waals surface area contributed by atoms with E-state index in [2.05, 4.69) is 0 Å². The van der Waals surface area contributed by atoms with E-state index in [-0.39, 0.29) is 30.9 Å². The van der Waals surface area contributed by atoms with Gasteiger partial charge in [-0.15, -0.1) is 11.6 Å². The Morgan fingerprint density at radius 3 is 2.50 bits per heavy atom. The van der Waals surface area contributed by atoms with E-state index < -0.39 is 0 Å². The second kappa shape index (κ2) is 4.53. The lowest BCUT2D eigenvalue weighted by Gasteiger charge is -2.15. The first-order valence-corrected chi connectivity index (χ1v) is 5.50. The highest BCUT2D eigenvalue weighted by molar-refractivity contribution is 6.19. The molecule has 16 heavy (non-hydrogen) atoms. The average Bonchev–Trinajstić information content (AvgIpc) is 2.59. The van der Waals surface area contributed by atoms with Gasteiger partial charge in [0.05, 0.1) is 0 Å². The molecule has 1 aromatic carbocycles. The van der Waals surface area contributed by atoms with Crippen molar-refractivity contribution in [1.82, 2.24) is 4.90 Å². The number of halogens is 1. The van der Waals surface area contributed by atoms with E-state index in [1.54, 1.807) is 12.1 Å². The Balaban J connectivity index is 2.21. The Kier molecular flexibility index (Phi) is 3.10. The molecule has 1 aliphatic rings. The molecule has 4 nitrogen and oxygen atoms in total. The van der Waals surface area contributed by atoms with Crippen LogP contribution in [0.1, 0.15) is 0 Å². The maximum Gasteiger partial charge on any atom is 0.331 e. The lowest BCUT2D eigenvalue weighted by molar-refractivity contribution is -0.124. The molecule has 1 aromatic rings. The molecule has 0 saturated carbocycles. The lowest BCUT2D eigenvalue weighted by Crippen LogP contribution is -2.34. The van der Waals surface area contributed by atoms with Gasteiger partial charge >= 0.3 is 6.03 Å². The number of hydrogen-bond acceptors (Lipinski definition) is 2. The van der Waals surface area contributed by atoms with Crippen molar-refractivity contribution in [1.29, 1.82) is 0 Å². The molecule has 5 heteroatoms. The van der Waals surface area contributed by atoms with Crippen molar-refractivity contribution in [2.24, 2.45) is 0 Å². The van der Waals surface area contributed by atoms with E-state index in [0.29, 0.717) is 0 Å². The minimum atomic E-state index is -0.295. The van der Waals surface area contributed by atoms with Crippen LogP contribution in [0.3, 0.4) is 0 Å². The van der Waals surface area contributed by atoms with E-state index >= 15 is 0 Å². The van der Waals surface area contributed by atoms with Crippen LogP contribution in [-0.2, 0) is 4.79 Å². The van der Waals surface area contributed by atoms with Gasteiger partial charge in [0, 0.05) is 18.1 Å². The number of hydrogen-bond donors (Lipinski definition) is 0. The summed E-state index contributed by atoms with van der Waals surface area (Å²) in [4.78, 5) is 26.1. The van der Waals surface area contributed by atoms with Gasteiger partial charge in [0.15, 0.2) is 0 Å². The smallest absolute Gasteiger partial charge is 0.285 e. The van der Waals surface area contributed by atoms with Crippen LogP contribution in [0.25, 0.3) is 0 Å². The third-order valence-corrected chi connectivity index (χ3v) is 2.60. The molecule has 0 aromatic heterocycles. The second-order valence-corrected chi connectivity index (χ2v) is 3.82. The number of benzene rings is 1. The Morgan fingerprint density at radius 1 is 1.19 bits per heavy atom. The number of alkyl halides is 1. The molecule has 2 rings (SSSR count). The predicted octanol–water partition coefficient (Wildman–Crippen LogP) is 1.69. The largest absolute Gasteiger partial charge is 0.331 e. The number of nitrogens with zero attached hydrogens (tertiary/aromatic N) is 2. The molecule has 1 aliphatic heterocycles. The normalized spacial score (nSPS) is 16.1. The van der Waals surface area contributed by atoms with Crippen LogP contribution in [0.5, 0.6) is 0 Å². The summed E-state index contributed by atoms with van der Waals surface area (Å²) in [6, 6.07) is 8.83. The summed E-state index contributed by atoms with van der Waals surface area (Å²) in [7, 11) is 0. The highest BCUT2D eigenvalue weighted by Crippen LogP contribution is 2.20. The molecule has 0 aliphatic carbocycles. The van der Waals surface area contributed by atoms with E-state index in [9.17, 15) is 9.59 Å². The zero-order chi connectivity index (χ0) is 11.5. The van der Waals surface area contributed by atoms with E-state index in [0.717, 1.165) is 5.69 Å². The van der Waals surface area contributed by atoms with Crippen molar-refractivity contribution in [2.75, 3.05) is 23.9 Å². The zero-order valence-corrected chi connectivity index (χ0v) is 9.35. The Hall–Kier alpha value is -1.55. The van der Waals surface area contributed by atoms with Crippen LogP contribution in [-0.4, -0.2) is 35.8 Å². The fraction of sp³-hybridized carbons (Fsp3) is 0.273. The number of urea groups is 1. The first-order chi connectivity index (χ1) is 7.74. The summed E-state index contributed by atoms with van der Waals surface area (Å²) in [5.41, 5.74) is 0.734. The summed E-state index contributed by atoms with van der Waals surface area (Å²) in [5.74, 6) is 0.0645. The number of para-hydroxylation sites is 1. The third-order valence-electron chi connectivity index (χ3n) is 2.43. The first kappa shape index (κ1) is 11.0. The molecule has 1 saturated heterocycles. The molecule has 0 atom stereocenters. The predicted molar refractivity (Wildman–Crippen MR) is 61.6 cm³/mol. The minimum Gasteiger partial charge on any atom is -0.285 e. The van der Waals surface area contributed by atoms with Gasteiger partial charge in [-0.25, -0.2) is 4.79 Å². The number of amides is 3. The molecule has 0 N–H and O–H groups in total. The van der Waals surface area contributed by atoms with Crippen LogP contribution in [0.15, 0.2) is 30.3 Å². The van der Waals surface area contributed by atoms with E-state index in [1.807, 2.05) is 18.2 Å². The van der Waals surface area contributed by atoms with Gasteiger partial charge in [-0.05, 0) is 12.1 Å². The maximum atomic E-state index is 11.9. The standard InChI is InChI=1S/C11H11ClN2O2/c12-6-7-13-10(15)8-14(11(13)16)9-4-2-1-3-5-9/h1-5H,6-8H2. The summed E-state index contributed by atoms with van der Waals surface area (Å²) in [6.45, 7) is 0.363. The summed E-state index contributed by atoms with van der Waals surface area (Å²) < 4.78 is 0. The molecule has 0 bridgehead atoms. The van der Waals surface area contributed by atoms with Crippen LogP contribution in [0, 0.1) is 0 Å². The number of imide groups is 1. The van der Waals surface area contributed by atoms with Crippen molar-refractivity contribution in [3.63, 3.8) is 0 Å². The second-order valence-electron chi connectivity index (χ2n) is 3.44. The summed E-state index contributed by atoms with van der Waals surface area (Å²) in [5, 5.41) is 0. The number of anilines is 1. The molecule has 84 valence electrons. The molecule has 1 fully saturated rings. The van der Waals surface area contributed by atoms with Crippen LogP contribution >= 0.6 is 11.6 Å². The van der Waals surface area contributed by atoms with Crippen molar-refractivity contribution >= 4 is 29.2 Å². The van der Waals surface area contributed by atoms with Crippen molar-refractivity contribution < 1.29 is 9.59 Å². The number of carbonyl (C=O) groups excluding carboxylic acids is 2. The molecular formula is C11H11ClN2O2. The molecular weight excluding hydrogens is 228 g/mol. The lowest BCUT2D eigenvalue weighted by atomic mass is 10.3. The molecule has 0 radical (unpaired) electrons. The van der Waals surface area contributed by atoms with Gasteiger partial charge in [0.25, 0.3) is 5.91 Å². The highest BCUT2D eigenvalue weighted by atomic mass is 35.5. The fourth-order valence-corrected chi connectivity index (χ4v) is 1.82. The monoisotopic (exact) mass is 238 g/mol. The third kappa shape index (κ3) is 1.88. The van der Waals surface area contributed by atoms with Crippen LogP contribution in [0.2, 0.25) is 0 Å². The highest BCUT2D eigenvalue weighted by Gasteiger charge is 2.36. The fourth-order valence-electron chi connectivity index (χ4n) is 1.66. The topological polar surface area (TPSA) is 40.6 Å². The first-order valence-electron chi connectivity index (χ1n) is 4.97.